The van der Waals surface area contributed by atoms with Crippen LogP contribution < -0.4 is 10.6 Å². The number of carbonyl (C=O) groups excluding carboxylic acids is 2. The predicted molar refractivity (Wildman–Crippen MR) is 66.8 cm³/mol. The largest absolute Gasteiger partial charge is 0.388 e. The van der Waals surface area contributed by atoms with Crippen molar-refractivity contribution >= 4 is 11.8 Å². The third-order valence-corrected chi connectivity index (χ3v) is 3.94. The van der Waals surface area contributed by atoms with Gasteiger partial charge in [0, 0.05) is 13.0 Å². The molecule has 2 fully saturated rings. The molecule has 5 heteroatoms. The lowest BCUT2D eigenvalue weighted by molar-refractivity contribution is -0.126. The number of hydrogen-bond acceptors (Lipinski definition) is 3. The summed E-state index contributed by atoms with van der Waals surface area (Å²) in [4.78, 5) is 22.9. The van der Waals surface area contributed by atoms with Crippen molar-refractivity contribution < 1.29 is 14.7 Å². The topological polar surface area (TPSA) is 78.4 Å². The fourth-order valence-corrected chi connectivity index (χ4v) is 2.75. The molecule has 0 bridgehead atoms. The number of hydrogen-bond donors (Lipinski definition) is 3. The first kappa shape index (κ1) is 13.3. The van der Waals surface area contributed by atoms with Crippen LogP contribution in [0.4, 0.5) is 0 Å². The van der Waals surface area contributed by atoms with E-state index >= 15 is 0 Å². The van der Waals surface area contributed by atoms with Crippen molar-refractivity contribution in [3.8, 4) is 0 Å². The molecule has 1 saturated carbocycles. The molecule has 1 aliphatic carbocycles. The highest BCUT2D eigenvalue weighted by atomic mass is 16.3. The number of amides is 2. The van der Waals surface area contributed by atoms with Crippen molar-refractivity contribution in [2.75, 3.05) is 6.54 Å². The number of aliphatic hydroxyl groups is 1. The van der Waals surface area contributed by atoms with Crippen LogP contribution in [0.1, 0.15) is 51.4 Å². The highest BCUT2D eigenvalue weighted by molar-refractivity contribution is 5.90. The van der Waals surface area contributed by atoms with E-state index in [9.17, 15) is 14.7 Å². The highest BCUT2D eigenvalue weighted by Gasteiger charge is 2.31. The van der Waals surface area contributed by atoms with Gasteiger partial charge in [-0.05, 0) is 19.3 Å². The quantitative estimate of drug-likeness (QED) is 0.640. The molecule has 2 rings (SSSR count). The molecule has 0 aromatic heterocycles. The van der Waals surface area contributed by atoms with Crippen LogP contribution in [-0.2, 0) is 9.59 Å². The van der Waals surface area contributed by atoms with Gasteiger partial charge in [-0.25, -0.2) is 0 Å². The zero-order valence-corrected chi connectivity index (χ0v) is 10.7. The van der Waals surface area contributed by atoms with Gasteiger partial charge < -0.3 is 15.7 Å². The Hall–Kier alpha value is -1.10. The molecule has 0 aromatic rings. The van der Waals surface area contributed by atoms with E-state index in [-0.39, 0.29) is 11.8 Å². The molecule has 3 N–H and O–H groups in total. The van der Waals surface area contributed by atoms with Gasteiger partial charge in [0.05, 0.1) is 5.60 Å². The minimum absolute atomic E-state index is 0.0664. The standard InChI is InChI=1S/C13H22N2O3/c16-11-6-5-10(15-11)12(17)14-9-13(18)7-3-1-2-4-8-13/h10,18H,1-9H2,(H,14,17)(H,15,16)/t10-/m0/s1. The van der Waals surface area contributed by atoms with Crippen LogP contribution in [-0.4, -0.2) is 35.1 Å². The first-order chi connectivity index (χ1) is 8.59. The molecule has 2 amide bonds. The van der Waals surface area contributed by atoms with Crippen molar-refractivity contribution in [3.63, 3.8) is 0 Å². The molecule has 1 saturated heterocycles. The molecule has 1 aliphatic heterocycles. The molecule has 0 aromatic carbocycles. The summed E-state index contributed by atoms with van der Waals surface area (Å²) in [6.45, 7) is 0.304. The molecule has 18 heavy (non-hydrogen) atoms. The summed E-state index contributed by atoms with van der Waals surface area (Å²) in [5.41, 5.74) is -0.755. The fourth-order valence-electron chi connectivity index (χ4n) is 2.75. The summed E-state index contributed by atoms with van der Waals surface area (Å²) in [6.07, 6.45) is 6.85. The van der Waals surface area contributed by atoms with E-state index in [0.29, 0.717) is 19.4 Å². The Bertz CT molecular complexity index is 322. The van der Waals surface area contributed by atoms with Gasteiger partial charge in [0.1, 0.15) is 6.04 Å². The molecule has 0 spiro atoms. The zero-order chi connectivity index (χ0) is 13.0. The third-order valence-electron chi connectivity index (χ3n) is 3.94. The van der Waals surface area contributed by atoms with Gasteiger partial charge in [-0.2, -0.15) is 0 Å². The molecule has 5 nitrogen and oxygen atoms in total. The fraction of sp³-hybridized carbons (Fsp3) is 0.846. The Morgan fingerprint density at radius 1 is 1.33 bits per heavy atom. The van der Waals surface area contributed by atoms with Gasteiger partial charge in [0.2, 0.25) is 11.8 Å². The minimum Gasteiger partial charge on any atom is -0.388 e. The van der Waals surface area contributed by atoms with Crippen LogP contribution in [0.3, 0.4) is 0 Å². The van der Waals surface area contributed by atoms with Crippen LogP contribution in [0.25, 0.3) is 0 Å². The second-order valence-electron chi connectivity index (χ2n) is 5.52. The monoisotopic (exact) mass is 254 g/mol. The summed E-state index contributed by atoms with van der Waals surface area (Å²) >= 11 is 0. The van der Waals surface area contributed by atoms with E-state index in [0.717, 1.165) is 38.5 Å². The van der Waals surface area contributed by atoms with E-state index in [4.69, 9.17) is 0 Å². The van der Waals surface area contributed by atoms with Gasteiger partial charge in [0.15, 0.2) is 0 Å². The first-order valence-electron chi connectivity index (χ1n) is 6.89. The van der Waals surface area contributed by atoms with E-state index < -0.39 is 11.6 Å². The third kappa shape index (κ3) is 3.45. The molecule has 0 unspecified atom stereocenters. The van der Waals surface area contributed by atoms with Crippen molar-refractivity contribution in [1.29, 1.82) is 0 Å². The van der Waals surface area contributed by atoms with E-state index in [1.165, 1.54) is 0 Å². The Balaban J connectivity index is 1.79. The summed E-state index contributed by atoms with van der Waals surface area (Å²) < 4.78 is 0. The molecule has 1 atom stereocenters. The Morgan fingerprint density at radius 3 is 2.56 bits per heavy atom. The summed E-state index contributed by atoms with van der Waals surface area (Å²) in [5, 5.41) is 15.8. The maximum Gasteiger partial charge on any atom is 0.242 e. The lowest BCUT2D eigenvalue weighted by Gasteiger charge is -2.27. The summed E-state index contributed by atoms with van der Waals surface area (Å²) in [6, 6.07) is -0.410. The van der Waals surface area contributed by atoms with Crippen molar-refractivity contribution in [2.24, 2.45) is 0 Å². The molecule has 0 radical (unpaired) electrons. The van der Waals surface area contributed by atoms with Crippen molar-refractivity contribution in [2.45, 2.75) is 63.0 Å². The normalized spacial score (nSPS) is 27.4. The predicted octanol–water partition coefficient (Wildman–Crippen LogP) is 0.466. The molecular weight excluding hydrogens is 232 g/mol. The van der Waals surface area contributed by atoms with Crippen LogP contribution in [0.5, 0.6) is 0 Å². The zero-order valence-electron chi connectivity index (χ0n) is 10.7. The van der Waals surface area contributed by atoms with Crippen molar-refractivity contribution in [3.05, 3.63) is 0 Å². The SMILES string of the molecule is O=C1CC[C@@H](C(=O)NCC2(O)CCCCCC2)N1. The lowest BCUT2D eigenvalue weighted by Crippen LogP contribution is -2.48. The highest BCUT2D eigenvalue weighted by Crippen LogP contribution is 2.26. The smallest absolute Gasteiger partial charge is 0.242 e. The van der Waals surface area contributed by atoms with E-state index in [1.807, 2.05) is 0 Å². The summed E-state index contributed by atoms with van der Waals surface area (Å²) in [5.74, 6) is -0.234. The average molecular weight is 254 g/mol. The molecule has 2 aliphatic rings. The van der Waals surface area contributed by atoms with Crippen LogP contribution in [0, 0.1) is 0 Å². The number of nitrogens with one attached hydrogen (secondary N) is 2. The second-order valence-corrected chi connectivity index (χ2v) is 5.52. The van der Waals surface area contributed by atoms with Crippen LogP contribution in [0.2, 0.25) is 0 Å². The second kappa shape index (κ2) is 5.69. The van der Waals surface area contributed by atoms with Gasteiger partial charge in [-0.1, -0.05) is 25.7 Å². The van der Waals surface area contributed by atoms with E-state index in [2.05, 4.69) is 10.6 Å². The maximum atomic E-state index is 11.8. The minimum atomic E-state index is -0.755. The summed E-state index contributed by atoms with van der Waals surface area (Å²) in [7, 11) is 0. The maximum absolute atomic E-state index is 11.8. The van der Waals surface area contributed by atoms with E-state index in [1.54, 1.807) is 0 Å². The average Bonchev–Trinajstić information content (AvgIpc) is 2.66. The Kier molecular flexibility index (Phi) is 4.22. The lowest BCUT2D eigenvalue weighted by atomic mass is 9.94. The van der Waals surface area contributed by atoms with Gasteiger partial charge in [0.25, 0.3) is 0 Å². The molecule has 1 heterocycles. The Morgan fingerprint density at radius 2 is 2.00 bits per heavy atom. The number of carbonyl (C=O) groups is 2. The molecular formula is C13H22N2O3. The van der Waals surface area contributed by atoms with Crippen molar-refractivity contribution in [1.82, 2.24) is 10.6 Å². The van der Waals surface area contributed by atoms with Gasteiger partial charge >= 0.3 is 0 Å². The molecule has 102 valence electrons. The van der Waals surface area contributed by atoms with Crippen LogP contribution in [0.15, 0.2) is 0 Å². The number of rotatable bonds is 3. The first-order valence-corrected chi connectivity index (χ1v) is 6.89. The van der Waals surface area contributed by atoms with Gasteiger partial charge in [-0.3, -0.25) is 9.59 Å². The van der Waals surface area contributed by atoms with Gasteiger partial charge in [-0.15, -0.1) is 0 Å². The Labute approximate surface area is 107 Å². The van der Waals surface area contributed by atoms with Crippen LogP contribution >= 0.6 is 0 Å².